The zero-order valence-corrected chi connectivity index (χ0v) is 12.2. The fraction of sp³-hybridized carbons (Fsp3) is 0.929. The number of thioether (sulfide) groups is 1. The Morgan fingerprint density at radius 2 is 2.22 bits per heavy atom. The van der Waals surface area contributed by atoms with E-state index < -0.39 is 0 Å². The predicted octanol–water partition coefficient (Wildman–Crippen LogP) is 2.17. The summed E-state index contributed by atoms with van der Waals surface area (Å²) in [7, 11) is 0. The summed E-state index contributed by atoms with van der Waals surface area (Å²) < 4.78 is 0. The molecule has 1 amide bonds. The summed E-state index contributed by atoms with van der Waals surface area (Å²) in [6.45, 7) is 4.16. The highest BCUT2D eigenvalue weighted by Gasteiger charge is 2.26. The van der Waals surface area contributed by atoms with Crippen molar-refractivity contribution < 1.29 is 4.79 Å². The Hall–Kier alpha value is -0.220. The molecule has 0 aromatic heterocycles. The molecule has 1 saturated carbocycles. The molecule has 0 aromatic carbocycles. The second-order valence-corrected chi connectivity index (χ2v) is 7.07. The van der Waals surface area contributed by atoms with Gasteiger partial charge in [-0.15, -0.1) is 0 Å². The van der Waals surface area contributed by atoms with E-state index in [0.717, 1.165) is 31.2 Å². The summed E-state index contributed by atoms with van der Waals surface area (Å²) in [6.07, 6.45) is 7.13. The quantitative estimate of drug-likeness (QED) is 0.822. The van der Waals surface area contributed by atoms with Gasteiger partial charge < -0.3 is 10.6 Å². The smallest absolute Gasteiger partial charge is 0.224 e. The predicted molar refractivity (Wildman–Crippen MR) is 77.9 cm³/mol. The summed E-state index contributed by atoms with van der Waals surface area (Å²) in [4.78, 5) is 12.2. The van der Waals surface area contributed by atoms with Gasteiger partial charge in [0, 0.05) is 17.8 Å². The lowest BCUT2D eigenvalue weighted by atomic mass is 9.93. The Bertz CT molecular complexity index is 265. The van der Waals surface area contributed by atoms with Gasteiger partial charge in [0.15, 0.2) is 0 Å². The van der Waals surface area contributed by atoms with E-state index >= 15 is 0 Å². The molecule has 3 nitrogen and oxygen atoms in total. The van der Waals surface area contributed by atoms with Crippen molar-refractivity contribution in [2.45, 2.75) is 56.7 Å². The Morgan fingerprint density at radius 1 is 1.33 bits per heavy atom. The summed E-state index contributed by atoms with van der Waals surface area (Å²) >= 11 is 2.05. The van der Waals surface area contributed by atoms with Crippen molar-refractivity contribution in [1.82, 2.24) is 10.6 Å². The number of carbonyl (C=O) groups is 1. The van der Waals surface area contributed by atoms with Crippen molar-refractivity contribution in [2.75, 3.05) is 18.8 Å². The first-order chi connectivity index (χ1) is 8.79. The van der Waals surface area contributed by atoms with Crippen LogP contribution in [0, 0.1) is 5.92 Å². The molecule has 0 spiro atoms. The number of nitrogens with one attached hydrogen (secondary N) is 2. The van der Waals surface area contributed by atoms with Crippen LogP contribution >= 0.6 is 11.8 Å². The Morgan fingerprint density at radius 3 is 2.94 bits per heavy atom. The molecule has 18 heavy (non-hydrogen) atoms. The first-order valence-electron chi connectivity index (χ1n) is 7.42. The highest BCUT2D eigenvalue weighted by molar-refractivity contribution is 7.99. The van der Waals surface area contributed by atoms with Crippen LogP contribution in [0.25, 0.3) is 0 Å². The number of hydrogen-bond acceptors (Lipinski definition) is 3. The molecule has 104 valence electrons. The third-order valence-electron chi connectivity index (χ3n) is 4.04. The van der Waals surface area contributed by atoms with Crippen LogP contribution in [0.3, 0.4) is 0 Å². The van der Waals surface area contributed by atoms with Gasteiger partial charge in [-0.25, -0.2) is 0 Å². The first kappa shape index (κ1) is 14.2. The van der Waals surface area contributed by atoms with Crippen molar-refractivity contribution in [3.63, 3.8) is 0 Å². The third kappa shape index (κ3) is 4.16. The van der Waals surface area contributed by atoms with Gasteiger partial charge in [0.1, 0.15) is 0 Å². The molecule has 2 N–H and O–H groups in total. The van der Waals surface area contributed by atoms with Crippen LogP contribution in [0.2, 0.25) is 0 Å². The van der Waals surface area contributed by atoms with Gasteiger partial charge >= 0.3 is 0 Å². The SMILES string of the molecule is CCSC1CCCC(NC(=O)C2CCCNC2)C1. The van der Waals surface area contributed by atoms with E-state index in [-0.39, 0.29) is 11.8 Å². The van der Waals surface area contributed by atoms with E-state index in [1.54, 1.807) is 0 Å². The van der Waals surface area contributed by atoms with E-state index in [0.29, 0.717) is 6.04 Å². The average Bonchev–Trinajstić information content (AvgIpc) is 2.40. The van der Waals surface area contributed by atoms with Gasteiger partial charge in [-0.3, -0.25) is 4.79 Å². The Labute approximate surface area is 115 Å². The van der Waals surface area contributed by atoms with Crippen LogP contribution in [-0.4, -0.2) is 36.0 Å². The maximum Gasteiger partial charge on any atom is 0.224 e. The van der Waals surface area contributed by atoms with Crippen LogP contribution < -0.4 is 10.6 Å². The Kier molecular flexibility index (Phi) is 5.83. The van der Waals surface area contributed by atoms with Gasteiger partial charge in [-0.1, -0.05) is 13.3 Å². The number of amides is 1. The van der Waals surface area contributed by atoms with Crippen molar-refractivity contribution in [1.29, 1.82) is 0 Å². The summed E-state index contributed by atoms with van der Waals surface area (Å²) in [5, 5.41) is 7.36. The maximum atomic E-state index is 12.2. The van der Waals surface area contributed by atoms with Crippen LogP contribution in [0.5, 0.6) is 0 Å². The number of carbonyl (C=O) groups excluding carboxylic acids is 1. The van der Waals surface area contributed by atoms with Crippen LogP contribution in [0.15, 0.2) is 0 Å². The van der Waals surface area contributed by atoms with E-state index in [1.165, 1.54) is 31.4 Å². The van der Waals surface area contributed by atoms with Crippen molar-refractivity contribution in [2.24, 2.45) is 5.92 Å². The monoisotopic (exact) mass is 270 g/mol. The van der Waals surface area contributed by atoms with E-state index in [4.69, 9.17) is 0 Å². The molecule has 1 saturated heterocycles. The fourth-order valence-electron chi connectivity index (χ4n) is 3.06. The summed E-state index contributed by atoms with van der Waals surface area (Å²) in [6, 6.07) is 0.428. The van der Waals surface area contributed by atoms with Gasteiger partial charge in [-0.05, 0) is 44.4 Å². The Balaban J connectivity index is 1.75. The second kappa shape index (κ2) is 7.39. The van der Waals surface area contributed by atoms with Gasteiger partial charge in [0.2, 0.25) is 5.91 Å². The van der Waals surface area contributed by atoms with E-state index in [9.17, 15) is 4.79 Å². The largest absolute Gasteiger partial charge is 0.353 e. The lowest BCUT2D eigenvalue weighted by Crippen LogP contribution is -2.46. The molecule has 3 unspecified atom stereocenters. The summed E-state index contributed by atoms with van der Waals surface area (Å²) in [5.74, 6) is 1.69. The van der Waals surface area contributed by atoms with Gasteiger partial charge in [-0.2, -0.15) is 11.8 Å². The van der Waals surface area contributed by atoms with Crippen LogP contribution in [-0.2, 0) is 4.79 Å². The van der Waals surface area contributed by atoms with Crippen LogP contribution in [0.1, 0.15) is 45.4 Å². The molecule has 2 rings (SSSR count). The molecule has 2 aliphatic rings. The zero-order chi connectivity index (χ0) is 12.8. The normalized spacial score (nSPS) is 33.1. The molecule has 1 aliphatic heterocycles. The van der Waals surface area contributed by atoms with Crippen molar-refractivity contribution >= 4 is 17.7 Å². The number of piperidine rings is 1. The van der Waals surface area contributed by atoms with Gasteiger partial charge in [0.25, 0.3) is 0 Å². The van der Waals surface area contributed by atoms with E-state index in [2.05, 4.69) is 29.3 Å². The molecule has 0 radical (unpaired) electrons. The second-order valence-electron chi connectivity index (χ2n) is 5.49. The molecule has 4 heteroatoms. The van der Waals surface area contributed by atoms with Crippen molar-refractivity contribution in [3.8, 4) is 0 Å². The molecule has 1 heterocycles. The molecule has 2 fully saturated rings. The number of rotatable bonds is 4. The van der Waals surface area contributed by atoms with Crippen LogP contribution in [0.4, 0.5) is 0 Å². The number of hydrogen-bond donors (Lipinski definition) is 2. The van der Waals surface area contributed by atoms with Gasteiger partial charge in [0.05, 0.1) is 5.92 Å². The molecular weight excluding hydrogens is 244 g/mol. The first-order valence-corrected chi connectivity index (χ1v) is 8.47. The zero-order valence-electron chi connectivity index (χ0n) is 11.4. The molecule has 1 aliphatic carbocycles. The third-order valence-corrected chi connectivity index (χ3v) is 5.28. The minimum atomic E-state index is 0.206. The molecule has 0 aromatic rings. The molecular formula is C14H26N2OS. The average molecular weight is 270 g/mol. The summed E-state index contributed by atoms with van der Waals surface area (Å²) in [5.41, 5.74) is 0. The highest BCUT2D eigenvalue weighted by atomic mass is 32.2. The highest BCUT2D eigenvalue weighted by Crippen LogP contribution is 2.28. The van der Waals surface area contributed by atoms with Crippen molar-refractivity contribution in [3.05, 3.63) is 0 Å². The van der Waals surface area contributed by atoms with E-state index in [1.807, 2.05) is 0 Å². The molecule has 0 bridgehead atoms. The minimum Gasteiger partial charge on any atom is -0.353 e. The fourth-order valence-corrected chi connectivity index (χ4v) is 4.23. The molecule has 3 atom stereocenters. The lowest BCUT2D eigenvalue weighted by molar-refractivity contribution is -0.126. The standard InChI is InChI=1S/C14H26N2OS/c1-2-18-13-7-3-6-12(9-13)16-14(17)11-5-4-8-15-10-11/h11-13,15H,2-10H2,1H3,(H,16,17). The maximum absolute atomic E-state index is 12.2. The topological polar surface area (TPSA) is 41.1 Å². The minimum absolute atomic E-state index is 0.206. The lowest BCUT2D eigenvalue weighted by Gasteiger charge is -2.31.